The molecule has 1 saturated heterocycles. The fraction of sp³-hybridized carbons (Fsp3) is 0.263. The Hall–Kier alpha value is -2.93. The number of carbonyl (C=O) groups is 2. The van der Waals surface area contributed by atoms with Crippen LogP contribution < -0.4 is 20.7 Å². The second-order valence-electron chi connectivity index (χ2n) is 6.06. The number of hydrogen-bond acceptors (Lipinski definition) is 4. The first kappa shape index (κ1) is 17.9. The number of methoxy groups -OCH3 is 1. The second-order valence-corrected chi connectivity index (χ2v) is 6.06. The Morgan fingerprint density at radius 1 is 1.19 bits per heavy atom. The molecule has 1 unspecified atom stereocenters. The van der Waals surface area contributed by atoms with Crippen molar-refractivity contribution in [2.24, 2.45) is 5.92 Å². The molecule has 7 heteroatoms. The predicted octanol–water partition coefficient (Wildman–Crippen LogP) is 2.63. The van der Waals surface area contributed by atoms with Gasteiger partial charge in [0.2, 0.25) is 5.91 Å². The third kappa shape index (κ3) is 4.18. The third-order valence-corrected chi connectivity index (χ3v) is 4.23. The molecule has 1 aliphatic heterocycles. The highest BCUT2D eigenvalue weighted by Crippen LogP contribution is 2.29. The van der Waals surface area contributed by atoms with E-state index in [2.05, 4.69) is 16.0 Å². The van der Waals surface area contributed by atoms with Crippen molar-refractivity contribution in [1.82, 2.24) is 5.32 Å². The van der Waals surface area contributed by atoms with Crippen LogP contribution in [0.15, 0.2) is 42.5 Å². The molecule has 1 fully saturated rings. The van der Waals surface area contributed by atoms with Crippen LogP contribution in [0, 0.1) is 11.7 Å². The molecule has 2 aromatic rings. The van der Waals surface area contributed by atoms with Crippen molar-refractivity contribution in [1.29, 1.82) is 0 Å². The summed E-state index contributed by atoms with van der Waals surface area (Å²) in [6.07, 6.45) is 0.797. The van der Waals surface area contributed by atoms with Gasteiger partial charge in [0.05, 0.1) is 18.7 Å². The van der Waals surface area contributed by atoms with Crippen molar-refractivity contribution in [3.63, 3.8) is 0 Å². The molecule has 0 spiro atoms. The standard InChI is InChI=1S/C19H20FN3O3/c1-26-17-6-5-15(22-19(25)13-7-8-21-11-13)10-16(17)23-18(24)12-3-2-4-14(20)9-12/h2-6,9-10,13,21H,7-8,11H2,1H3,(H,22,25)(H,23,24). The summed E-state index contributed by atoms with van der Waals surface area (Å²) < 4.78 is 18.6. The molecule has 3 rings (SSSR count). The highest BCUT2D eigenvalue weighted by atomic mass is 19.1. The normalized spacial score (nSPS) is 16.2. The average Bonchev–Trinajstić information content (AvgIpc) is 3.17. The van der Waals surface area contributed by atoms with E-state index in [1.807, 2.05) is 0 Å². The number of rotatable bonds is 5. The first-order chi connectivity index (χ1) is 12.6. The van der Waals surface area contributed by atoms with Crippen molar-refractivity contribution in [2.75, 3.05) is 30.8 Å². The summed E-state index contributed by atoms with van der Waals surface area (Å²) in [4.78, 5) is 24.6. The molecule has 0 bridgehead atoms. The third-order valence-electron chi connectivity index (χ3n) is 4.23. The quantitative estimate of drug-likeness (QED) is 0.769. The second kappa shape index (κ2) is 7.97. The molecular formula is C19H20FN3O3. The van der Waals surface area contributed by atoms with Crippen LogP contribution >= 0.6 is 0 Å². The van der Waals surface area contributed by atoms with Gasteiger partial charge < -0.3 is 20.7 Å². The van der Waals surface area contributed by atoms with Gasteiger partial charge in [-0.2, -0.15) is 0 Å². The zero-order chi connectivity index (χ0) is 18.5. The van der Waals surface area contributed by atoms with Gasteiger partial charge >= 0.3 is 0 Å². The van der Waals surface area contributed by atoms with Gasteiger partial charge in [-0.25, -0.2) is 4.39 Å². The number of amides is 2. The summed E-state index contributed by atoms with van der Waals surface area (Å²) in [5, 5.41) is 8.69. The van der Waals surface area contributed by atoms with Gasteiger partial charge in [0.1, 0.15) is 11.6 Å². The summed E-state index contributed by atoms with van der Waals surface area (Å²) in [5.41, 5.74) is 1.14. The fourth-order valence-corrected chi connectivity index (χ4v) is 2.83. The maximum atomic E-state index is 13.3. The van der Waals surface area contributed by atoms with Crippen molar-refractivity contribution < 1.29 is 18.7 Å². The molecule has 2 amide bonds. The topological polar surface area (TPSA) is 79.5 Å². The highest BCUT2D eigenvalue weighted by Gasteiger charge is 2.22. The molecule has 0 aromatic heterocycles. The van der Waals surface area contributed by atoms with Gasteiger partial charge in [-0.05, 0) is 49.4 Å². The van der Waals surface area contributed by atoms with E-state index in [1.165, 1.54) is 25.3 Å². The van der Waals surface area contributed by atoms with Crippen LogP contribution in [0.4, 0.5) is 15.8 Å². The first-order valence-corrected chi connectivity index (χ1v) is 8.33. The predicted molar refractivity (Wildman–Crippen MR) is 97.0 cm³/mol. The lowest BCUT2D eigenvalue weighted by atomic mass is 10.1. The molecule has 1 atom stereocenters. The summed E-state index contributed by atoms with van der Waals surface area (Å²) in [6, 6.07) is 10.4. The van der Waals surface area contributed by atoms with Crippen LogP contribution in [0.3, 0.4) is 0 Å². The molecule has 0 aliphatic carbocycles. The number of carbonyl (C=O) groups excluding carboxylic acids is 2. The van der Waals surface area contributed by atoms with E-state index in [4.69, 9.17) is 4.74 Å². The van der Waals surface area contributed by atoms with Crippen LogP contribution in [-0.2, 0) is 4.79 Å². The number of anilines is 2. The van der Waals surface area contributed by atoms with Crippen molar-refractivity contribution in [3.8, 4) is 5.75 Å². The van der Waals surface area contributed by atoms with Crippen LogP contribution in [0.2, 0.25) is 0 Å². The maximum Gasteiger partial charge on any atom is 0.255 e. The largest absolute Gasteiger partial charge is 0.495 e. The lowest BCUT2D eigenvalue weighted by Gasteiger charge is -2.14. The highest BCUT2D eigenvalue weighted by molar-refractivity contribution is 6.05. The molecule has 0 saturated carbocycles. The number of hydrogen-bond donors (Lipinski definition) is 3. The zero-order valence-electron chi connectivity index (χ0n) is 14.3. The van der Waals surface area contributed by atoms with E-state index < -0.39 is 11.7 Å². The minimum Gasteiger partial charge on any atom is -0.495 e. The smallest absolute Gasteiger partial charge is 0.255 e. The van der Waals surface area contributed by atoms with Crippen LogP contribution in [0.5, 0.6) is 5.75 Å². The van der Waals surface area contributed by atoms with E-state index in [0.717, 1.165) is 19.0 Å². The molecule has 3 N–H and O–H groups in total. The number of benzene rings is 2. The molecule has 2 aromatic carbocycles. The number of ether oxygens (including phenoxy) is 1. The van der Waals surface area contributed by atoms with E-state index >= 15 is 0 Å². The molecule has 1 aliphatic rings. The molecule has 6 nitrogen and oxygen atoms in total. The van der Waals surface area contributed by atoms with Gasteiger partial charge in [-0.15, -0.1) is 0 Å². The summed E-state index contributed by atoms with van der Waals surface area (Å²) in [5.74, 6) is -0.651. The SMILES string of the molecule is COc1ccc(NC(=O)C2CCNC2)cc1NC(=O)c1cccc(F)c1. The van der Waals surface area contributed by atoms with Crippen LogP contribution in [-0.4, -0.2) is 32.0 Å². The molecule has 1 heterocycles. The molecule has 0 radical (unpaired) electrons. The van der Waals surface area contributed by atoms with Gasteiger partial charge in [0, 0.05) is 17.8 Å². The number of halogens is 1. The monoisotopic (exact) mass is 357 g/mol. The summed E-state index contributed by atoms with van der Waals surface area (Å²) >= 11 is 0. The fourth-order valence-electron chi connectivity index (χ4n) is 2.83. The Bertz CT molecular complexity index is 819. The minimum atomic E-state index is -0.490. The Kier molecular flexibility index (Phi) is 5.48. The minimum absolute atomic E-state index is 0.0671. The van der Waals surface area contributed by atoms with Crippen molar-refractivity contribution in [3.05, 3.63) is 53.8 Å². The van der Waals surface area contributed by atoms with Crippen LogP contribution in [0.25, 0.3) is 0 Å². The van der Waals surface area contributed by atoms with Crippen molar-refractivity contribution >= 4 is 23.2 Å². The Labute approximate surface area is 150 Å². The summed E-state index contributed by atoms with van der Waals surface area (Å²) in [7, 11) is 1.48. The van der Waals surface area contributed by atoms with Gasteiger partial charge in [-0.3, -0.25) is 9.59 Å². The van der Waals surface area contributed by atoms with Gasteiger partial charge in [0.15, 0.2) is 0 Å². The van der Waals surface area contributed by atoms with Crippen molar-refractivity contribution in [2.45, 2.75) is 6.42 Å². The Morgan fingerprint density at radius 3 is 2.73 bits per heavy atom. The van der Waals surface area contributed by atoms with E-state index in [1.54, 1.807) is 18.2 Å². The number of nitrogens with one attached hydrogen (secondary N) is 3. The summed E-state index contributed by atoms with van der Waals surface area (Å²) in [6.45, 7) is 1.49. The Balaban J connectivity index is 1.76. The lowest BCUT2D eigenvalue weighted by molar-refractivity contribution is -0.119. The molecule has 26 heavy (non-hydrogen) atoms. The van der Waals surface area contributed by atoms with E-state index in [0.29, 0.717) is 23.7 Å². The van der Waals surface area contributed by atoms with Gasteiger partial charge in [-0.1, -0.05) is 6.07 Å². The van der Waals surface area contributed by atoms with Crippen LogP contribution in [0.1, 0.15) is 16.8 Å². The zero-order valence-corrected chi connectivity index (χ0v) is 14.3. The van der Waals surface area contributed by atoms with E-state index in [9.17, 15) is 14.0 Å². The first-order valence-electron chi connectivity index (χ1n) is 8.33. The maximum absolute atomic E-state index is 13.3. The lowest BCUT2D eigenvalue weighted by Crippen LogP contribution is -2.24. The molecular weight excluding hydrogens is 337 g/mol. The molecule has 136 valence electrons. The average molecular weight is 357 g/mol. The van der Waals surface area contributed by atoms with E-state index in [-0.39, 0.29) is 17.4 Å². The van der Waals surface area contributed by atoms with Gasteiger partial charge in [0.25, 0.3) is 5.91 Å². The Morgan fingerprint density at radius 2 is 2.04 bits per heavy atom.